The lowest BCUT2D eigenvalue weighted by molar-refractivity contribution is -0.870. The number of carbonyl (C=O) groups is 3. The standard InChI is InChI=1S/C50H91NO8/c1-6-8-10-12-14-16-18-20-22-24-26-28-30-32-34-36-38-40-47(52)57-44-46(45-58-50(49(54)55)56-43-42-51(3,4)5)59-48(53)41-39-37-35-33-31-29-27-25-23-21-19-17-15-13-11-9-7-2/h9,11,15,17,21,23,46,50H,6-8,10,12-14,16,18-20,22,24-45H2,1-5H3/b11-9-,17-15-,23-21-. The highest BCUT2D eigenvalue weighted by Gasteiger charge is 2.21. The number of quaternary nitrogens is 1. The normalized spacial score (nSPS) is 13.2. The van der Waals surface area contributed by atoms with Crippen LogP contribution in [0.25, 0.3) is 0 Å². The summed E-state index contributed by atoms with van der Waals surface area (Å²) >= 11 is 0. The fraction of sp³-hybridized carbons (Fsp3) is 0.820. The van der Waals surface area contributed by atoms with Crippen LogP contribution in [-0.4, -0.2) is 82.3 Å². The molecule has 0 amide bonds. The first-order valence-corrected chi connectivity index (χ1v) is 24.1. The summed E-state index contributed by atoms with van der Waals surface area (Å²) in [5.74, 6) is -2.29. The molecule has 0 rings (SSSR count). The summed E-state index contributed by atoms with van der Waals surface area (Å²) in [6, 6.07) is 0. The van der Waals surface area contributed by atoms with Crippen LogP contribution in [0.1, 0.15) is 206 Å². The number of rotatable bonds is 44. The number of allylic oxidation sites excluding steroid dienone is 6. The summed E-state index contributed by atoms with van der Waals surface area (Å²) in [7, 11) is 5.91. The Labute approximate surface area is 362 Å². The Balaban J connectivity index is 4.38. The Morgan fingerprint density at radius 1 is 0.525 bits per heavy atom. The van der Waals surface area contributed by atoms with Gasteiger partial charge in [-0.3, -0.25) is 9.59 Å². The van der Waals surface area contributed by atoms with E-state index in [4.69, 9.17) is 18.9 Å². The maximum atomic E-state index is 12.8. The Morgan fingerprint density at radius 3 is 1.44 bits per heavy atom. The zero-order chi connectivity index (χ0) is 43.5. The van der Waals surface area contributed by atoms with Gasteiger partial charge in [0.25, 0.3) is 0 Å². The first-order chi connectivity index (χ1) is 28.6. The van der Waals surface area contributed by atoms with Crippen molar-refractivity contribution in [3.63, 3.8) is 0 Å². The number of hydrogen-bond donors (Lipinski definition) is 0. The first kappa shape index (κ1) is 56.5. The lowest BCUT2D eigenvalue weighted by Gasteiger charge is -2.26. The number of nitrogens with zero attached hydrogens (tertiary/aromatic N) is 1. The fourth-order valence-corrected chi connectivity index (χ4v) is 6.67. The molecule has 9 heteroatoms. The molecule has 0 radical (unpaired) electrons. The van der Waals surface area contributed by atoms with Gasteiger partial charge in [-0.15, -0.1) is 0 Å². The van der Waals surface area contributed by atoms with Crippen LogP contribution in [0.2, 0.25) is 0 Å². The predicted octanol–water partition coefficient (Wildman–Crippen LogP) is 11.7. The minimum Gasteiger partial charge on any atom is -0.545 e. The van der Waals surface area contributed by atoms with Crippen LogP contribution in [0.5, 0.6) is 0 Å². The molecule has 0 bridgehead atoms. The van der Waals surface area contributed by atoms with E-state index in [1.165, 1.54) is 109 Å². The summed E-state index contributed by atoms with van der Waals surface area (Å²) in [5, 5.41) is 11.7. The second-order valence-electron chi connectivity index (χ2n) is 17.4. The SMILES string of the molecule is CC/C=C\C/C=C\C/C=C\CCCCCCCCCC(=O)OC(COC(=O)CCCCCCCCCCCCCCCCCCC)COC(OCC[N+](C)(C)C)C(=O)[O-]. The molecular weight excluding hydrogens is 743 g/mol. The minimum absolute atomic E-state index is 0.146. The van der Waals surface area contributed by atoms with Crippen LogP contribution in [0, 0.1) is 0 Å². The molecule has 0 saturated carbocycles. The largest absolute Gasteiger partial charge is 0.545 e. The van der Waals surface area contributed by atoms with Crippen molar-refractivity contribution in [2.45, 2.75) is 219 Å². The average molecular weight is 834 g/mol. The highest BCUT2D eigenvalue weighted by atomic mass is 16.7. The average Bonchev–Trinajstić information content (AvgIpc) is 3.19. The zero-order valence-corrected chi connectivity index (χ0v) is 38.9. The lowest BCUT2D eigenvalue weighted by atomic mass is 10.0. The quantitative estimate of drug-likeness (QED) is 0.0196. The number of aliphatic carboxylic acids is 1. The smallest absolute Gasteiger partial charge is 0.306 e. The van der Waals surface area contributed by atoms with Crippen LogP contribution in [-0.2, 0) is 33.3 Å². The Kier molecular flexibility index (Phi) is 40.4. The van der Waals surface area contributed by atoms with E-state index in [-0.39, 0.29) is 32.2 Å². The molecule has 0 aliphatic carbocycles. The molecule has 2 atom stereocenters. The molecule has 9 nitrogen and oxygen atoms in total. The van der Waals surface area contributed by atoms with Gasteiger partial charge < -0.3 is 33.3 Å². The molecule has 0 aromatic rings. The highest BCUT2D eigenvalue weighted by molar-refractivity contribution is 5.70. The van der Waals surface area contributed by atoms with E-state index in [2.05, 4.69) is 50.3 Å². The van der Waals surface area contributed by atoms with Gasteiger partial charge in [0.15, 0.2) is 12.4 Å². The molecule has 59 heavy (non-hydrogen) atoms. The Bertz CT molecular complexity index is 1070. The summed E-state index contributed by atoms with van der Waals surface area (Å²) in [6.45, 7) is 4.64. The Morgan fingerprint density at radius 2 is 0.966 bits per heavy atom. The summed E-state index contributed by atoms with van der Waals surface area (Å²) < 4.78 is 22.6. The van der Waals surface area contributed by atoms with Crippen molar-refractivity contribution in [2.75, 3.05) is 47.5 Å². The number of unbranched alkanes of at least 4 members (excludes halogenated alkanes) is 23. The topological polar surface area (TPSA) is 111 Å². The number of likely N-dealkylation sites (N-methyl/N-ethyl adjacent to an activating group) is 1. The van der Waals surface area contributed by atoms with Gasteiger partial charge in [0, 0.05) is 12.8 Å². The third-order valence-corrected chi connectivity index (χ3v) is 10.4. The molecule has 0 aliphatic rings. The van der Waals surface area contributed by atoms with Crippen molar-refractivity contribution in [3.05, 3.63) is 36.5 Å². The molecule has 0 heterocycles. The van der Waals surface area contributed by atoms with Crippen LogP contribution < -0.4 is 5.11 Å². The van der Waals surface area contributed by atoms with Crippen molar-refractivity contribution < 1.29 is 42.9 Å². The van der Waals surface area contributed by atoms with E-state index < -0.39 is 24.3 Å². The summed E-state index contributed by atoms with van der Waals surface area (Å²) in [5.41, 5.74) is 0. The van der Waals surface area contributed by atoms with E-state index in [9.17, 15) is 19.5 Å². The van der Waals surface area contributed by atoms with Crippen LogP contribution in [0.4, 0.5) is 0 Å². The number of carboxylic acid groups (broad SMARTS) is 1. The Hall–Kier alpha value is -2.49. The van der Waals surface area contributed by atoms with E-state index >= 15 is 0 Å². The molecule has 2 unspecified atom stereocenters. The fourth-order valence-electron chi connectivity index (χ4n) is 6.67. The van der Waals surface area contributed by atoms with Crippen molar-refractivity contribution >= 4 is 17.9 Å². The second kappa shape index (κ2) is 42.2. The predicted molar refractivity (Wildman–Crippen MR) is 242 cm³/mol. The summed E-state index contributed by atoms with van der Waals surface area (Å²) in [6.07, 6.45) is 44.6. The number of carbonyl (C=O) groups excluding carboxylic acids is 3. The molecule has 0 aromatic heterocycles. The van der Waals surface area contributed by atoms with Crippen LogP contribution in [0.3, 0.4) is 0 Å². The molecule has 0 aromatic carbocycles. The minimum atomic E-state index is -1.62. The monoisotopic (exact) mass is 834 g/mol. The number of ether oxygens (including phenoxy) is 4. The van der Waals surface area contributed by atoms with Gasteiger partial charge in [0.2, 0.25) is 0 Å². The molecule has 0 N–H and O–H groups in total. The van der Waals surface area contributed by atoms with Crippen LogP contribution >= 0.6 is 0 Å². The van der Waals surface area contributed by atoms with E-state index in [1.807, 2.05) is 21.1 Å². The molecule has 0 saturated heterocycles. The van der Waals surface area contributed by atoms with Gasteiger partial charge in [0.05, 0.1) is 40.3 Å². The third-order valence-electron chi connectivity index (χ3n) is 10.4. The second-order valence-corrected chi connectivity index (χ2v) is 17.4. The molecule has 344 valence electrons. The summed E-state index contributed by atoms with van der Waals surface area (Å²) in [4.78, 5) is 37.1. The van der Waals surface area contributed by atoms with Gasteiger partial charge in [-0.05, 0) is 44.9 Å². The maximum absolute atomic E-state index is 12.8. The molecular formula is C50H91NO8. The van der Waals surface area contributed by atoms with Crippen LogP contribution in [0.15, 0.2) is 36.5 Å². The third kappa shape index (κ3) is 43.4. The highest BCUT2D eigenvalue weighted by Crippen LogP contribution is 2.15. The zero-order valence-electron chi connectivity index (χ0n) is 38.9. The number of esters is 2. The number of carboxylic acids is 1. The van der Waals surface area contributed by atoms with Crippen molar-refractivity contribution in [1.82, 2.24) is 0 Å². The van der Waals surface area contributed by atoms with Gasteiger partial charge >= 0.3 is 11.9 Å². The van der Waals surface area contributed by atoms with E-state index in [0.29, 0.717) is 23.9 Å². The van der Waals surface area contributed by atoms with Gasteiger partial charge in [-0.1, -0.05) is 185 Å². The van der Waals surface area contributed by atoms with E-state index in [1.54, 1.807) is 0 Å². The lowest BCUT2D eigenvalue weighted by Crippen LogP contribution is -2.44. The molecule has 0 spiro atoms. The van der Waals surface area contributed by atoms with Gasteiger partial charge in [-0.2, -0.15) is 0 Å². The van der Waals surface area contributed by atoms with Crippen molar-refractivity contribution in [3.8, 4) is 0 Å². The van der Waals surface area contributed by atoms with Gasteiger partial charge in [0.1, 0.15) is 13.2 Å². The van der Waals surface area contributed by atoms with Crippen molar-refractivity contribution in [2.24, 2.45) is 0 Å². The van der Waals surface area contributed by atoms with Crippen molar-refractivity contribution in [1.29, 1.82) is 0 Å². The number of hydrogen-bond acceptors (Lipinski definition) is 8. The van der Waals surface area contributed by atoms with Gasteiger partial charge in [-0.25, -0.2) is 0 Å². The van der Waals surface area contributed by atoms with E-state index in [0.717, 1.165) is 64.2 Å². The molecule has 0 fully saturated rings. The molecule has 0 aliphatic heterocycles. The maximum Gasteiger partial charge on any atom is 0.306 e. The first-order valence-electron chi connectivity index (χ1n) is 24.1.